The van der Waals surface area contributed by atoms with Gasteiger partial charge in [0.15, 0.2) is 0 Å². The lowest BCUT2D eigenvalue weighted by Crippen LogP contribution is -2.40. The Hall–Kier alpha value is -2.05. The van der Waals surface area contributed by atoms with Gasteiger partial charge in [-0.1, -0.05) is 62.2 Å². The first-order valence-electron chi connectivity index (χ1n) is 9.74. The first-order chi connectivity index (χ1) is 15.0. The van der Waals surface area contributed by atoms with Crippen LogP contribution in [0.25, 0.3) is 0 Å². The quantitative estimate of drug-likeness (QED) is 0.387. The largest absolute Gasteiger partial charge is 0.251 e. The summed E-state index contributed by atoms with van der Waals surface area (Å²) >= 11 is 7.13. The summed E-state index contributed by atoms with van der Waals surface area (Å²) in [7, 11) is -2.49. The predicted octanol–water partition coefficient (Wildman–Crippen LogP) is 6.06. The Kier molecular flexibility index (Phi) is 6.87. The van der Waals surface area contributed by atoms with Crippen molar-refractivity contribution in [2.75, 3.05) is 6.67 Å². The normalized spacial score (nSPS) is 13.5. The van der Waals surface area contributed by atoms with Crippen molar-refractivity contribution in [1.82, 2.24) is 10.2 Å². The molecule has 31 heavy (non-hydrogen) atoms. The van der Waals surface area contributed by atoms with E-state index in [1.165, 1.54) is 11.1 Å². The molecule has 1 aliphatic heterocycles. The number of aryl methyl sites for hydroxylation is 2. The van der Waals surface area contributed by atoms with E-state index in [-0.39, 0.29) is 0 Å². The summed E-state index contributed by atoms with van der Waals surface area (Å²) < 4.78 is 7.44. The zero-order chi connectivity index (χ0) is 21.8. The van der Waals surface area contributed by atoms with Crippen LogP contribution in [0.15, 0.2) is 90.4 Å². The van der Waals surface area contributed by atoms with Crippen LogP contribution in [0.1, 0.15) is 11.1 Å². The van der Waals surface area contributed by atoms with E-state index in [4.69, 9.17) is 4.74 Å². The van der Waals surface area contributed by atoms with Crippen molar-refractivity contribution in [3.05, 3.63) is 86.8 Å². The second-order valence-corrected chi connectivity index (χ2v) is 11.7. The van der Waals surface area contributed by atoms with Gasteiger partial charge in [0.25, 0.3) is 0 Å². The minimum absolute atomic E-state index is 0.439. The number of nitrogens with one attached hydrogen (secondary N) is 1. The molecule has 158 valence electrons. The molecule has 0 bridgehead atoms. The Morgan fingerprint density at radius 2 is 1.35 bits per heavy atom. The number of rotatable bonds is 5. The Morgan fingerprint density at radius 1 is 0.806 bits per heavy atom. The maximum absolute atomic E-state index is 5.39. The first kappa shape index (κ1) is 22.2. The van der Waals surface area contributed by atoms with Crippen LogP contribution >= 0.6 is 39.1 Å². The van der Waals surface area contributed by atoms with Gasteiger partial charge < -0.3 is 0 Å². The molecule has 0 saturated carbocycles. The molecule has 1 N–H and O–H groups in total. The van der Waals surface area contributed by atoms with Crippen LogP contribution in [0.5, 0.6) is 0 Å². The topological polar surface area (TPSA) is 52.4 Å². The first-order valence-corrected chi connectivity index (χ1v) is 13.1. The van der Waals surface area contributed by atoms with Gasteiger partial charge in [0, 0.05) is 19.6 Å². The fourth-order valence-electron chi connectivity index (χ4n) is 3.22. The average Bonchev–Trinajstić information content (AvgIpc) is 2.77. The second kappa shape index (κ2) is 9.61. The van der Waals surface area contributed by atoms with Gasteiger partial charge in [-0.2, -0.15) is 5.20 Å². The molecule has 0 radical (unpaired) electrons. The molecule has 3 aromatic carbocycles. The summed E-state index contributed by atoms with van der Waals surface area (Å²) in [4.78, 5) is 8.59. The van der Waals surface area contributed by atoms with E-state index in [0.29, 0.717) is 6.67 Å². The van der Waals surface area contributed by atoms with E-state index in [1.807, 2.05) is 5.01 Å². The number of hydrazine groups is 1. The fraction of sp³-hybridized carbons (Fsp3) is 0.130. The maximum atomic E-state index is 5.39. The Morgan fingerprint density at radius 3 is 1.87 bits per heavy atom. The average molecular weight is 559 g/mol. The number of nitrogens with zero attached hydrogens (tertiary/aromatic N) is 4. The van der Waals surface area contributed by atoms with Gasteiger partial charge >= 0.3 is 0 Å². The number of hydrogen-bond donors (Lipinski definition) is 1. The monoisotopic (exact) mass is 557 g/mol. The third-order valence-corrected chi connectivity index (χ3v) is 9.19. The molecule has 8 heteroatoms. The molecule has 3 aromatic rings. The highest BCUT2D eigenvalue weighted by Gasteiger charge is 2.27. The lowest BCUT2D eigenvalue weighted by Gasteiger charge is -2.31. The molecule has 1 heterocycles. The number of halogens is 2. The minimum atomic E-state index is -2.49. The Balaban J connectivity index is 2.00. The number of aliphatic imine (C=N–C) groups is 2. The van der Waals surface area contributed by atoms with Crippen LogP contribution in [-0.2, 0) is 0 Å². The van der Waals surface area contributed by atoms with Crippen LogP contribution < -0.4 is 15.8 Å². The van der Waals surface area contributed by atoms with Crippen molar-refractivity contribution in [3.63, 3.8) is 0 Å². The van der Waals surface area contributed by atoms with Gasteiger partial charge in [0.05, 0.1) is 5.69 Å². The maximum Gasteiger partial charge on any atom is 0.132 e. The molecule has 1 aliphatic rings. The van der Waals surface area contributed by atoms with Crippen LogP contribution in [-0.4, -0.2) is 24.4 Å². The van der Waals surface area contributed by atoms with Crippen molar-refractivity contribution in [2.45, 2.75) is 13.8 Å². The molecule has 5 nitrogen and oxygen atoms in total. The van der Waals surface area contributed by atoms with Gasteiger partial charge in [-0.15, -0.1) is 0 Å². The zero-order valence-electron chi connectivity index (χ0n) is 17.2. The number of benzene rings is 3. The second-order valence-electron chi connectivity index (χ2n) is 7.20. The zero-order valence-corrected chi connectivity index (χ0v) is 21.3. The van der Waals surface area contributed by atoms with E-state index < -0.39 is 7.21 Å². The van der Waals surface area contributed by atoms with Crippen molar-refractivity contribution >= 4 is 68.0 Å². The number of hydrogen-bond acceptors (Lipinski definition) is 4. The molecule has 4 rings (SSSR count). The highest BCUT2D eigenvalue weighted by atomic mass is 79.9. The molecule has 0 saturated heterocycles. The lowest BCUT2D eigenvalue weighted by molar-refractivity contribution is 0.599. The van der Waals surface area contributed by atoms with E-state index in [9.17, 15) is 0 Å². The summed E-state index contributed by atoms with van der Waals surface area (Å²) in [5, 5.41) is 7.68. The molecular weight excluding hydrogens is 537 g/mol. The van der Waals surface area contributed by atoms with Crippen molar-refractivity contribution < 1.29 is 0 Å². The molecule has 0 aromatic heterocycles. The van der Waals surface area contributed by atoms with Gasteiger partial charge in [-0.3, -0.25) is 15.0 Å². The van der Waals surface area contributed by atoms with Crippen molar-refractivity contribution in [1.29, 1.82) is 0 Å². The Labute approximate surface area is 199 Å². The molecule has 0 fully saturated rings. The van der Waals surface area contributed by atoms with E-state index in [1.54, 1.807) is 12.7 Å². The van der Waals surface area contributed by atoms with Gasteiger partial charge in [0.1, 0.15) is 26.6 Å². The summed E-state index contributed by atoms with van der Waals surface area (Å²) in [6.45, 7) is 4.67. The van der Waals surface area contributed by atoms with Crippen LogP contribution in [0.2, 0.25) is 0 Å². The van der Waals surface area contributed by atoms with Crippen LogP contribution in [0, 0.1) is 13.8 Å². The van der Waals surface area contributed by atoms with E-state index in [0.717, 1.165) is 25.2 Å². The molecule has 0 amide bonds. The van der Waals surface area contributed by atoms with Crippen molar-refractivity contribution in [2.24, 2.45) is 14.7 Å². The van der Waals surface area contributed by atoms with Crippen molar-refractivity contribution in [3.8, 4) is 0 Å². The van der Waals surface area contributed by atoms with Gasteiger partial charge in [-0.25, -0.2) is 4.74 Å². The van der Waals surface area contributed by atoms with Gasteiger partial charge in [-0.05, 0) is 61.4 Å². The molecule has 0 atom stereocenters. The third-order valence-electron chi connectivity index (χ3n) is 4.99. The molecular formula is C23H22Br2N5P. The summed E-state index contributed by atoms with van der Waals surface area (Å²) in [6, 6.07) is 23.0. The van der Waals surface area contributed by atoms with Crippen LogP contribution in [0.3, 0.4) is 0 Å². The lowest BCUT2D eigenvalue weighted by atomic mass is 10.1. The summed E-state index contributed by atoms with van der Waals surface area (Å²) in [5.41, 5.74) is 3.39. The molecule has 0 unspecified atom stereocenters. The van der Waals surface area contributed by atoms with Crippen LogP contribution in [0.4, 0.5) is 5.69 Å². The molecule has 0 spiro atoms. The SMILES string of the molecule is Cc1ccc(N=P(NN2C=NCN=C2)(c2ccc(Br)cc2)c2ccc(Br)cc2)cc1C. The summed E-state index contributed by atoms with van der Waals surface area (Å²) in [6.07, 6.45) is 3.52. The minimum Gasteiger partial charge on any atom is -0.251 e. The van der Waals surface area contributed by atoms with E-state index >= 15 is 0 Å². The summed E-state index contributed by atoms with van der Waals surface area (Å²) in [5.74, 6) is 0. The smallest absolute Gasteiger partial charge is 0.132 e. The van der Waals surface area contributed by atoms with Gasteiger partial charge in [0.2, 0.25) is 0 Å². The highest BCUT2D eigenvalue weighted by Crippen LogP contribution is 2.47. The molecule has 0 aliphatic carbocycles. The highest BCUT2D eigenvalue weighted by molar-refractivity contribution is 9.10. The predicted molar refractivity (Wildman–Crippen MR) is 139 cm³/mol. The Bertz CT molecular complexity index is 1130. The van der Waals surface area contributed by atoms with E-state index in [2.05, 4.69) is 128 Å². The third kappa shape index (κ3) is 5.07. The standard InChI is InChI=1S/C23H22Br2N5P/c1-17-3-8-21(13-18(17)2)28-31(22-9-4-19(24)5-10-22,23-11-6-20(25)7-12-23)29-30-15-26-14-27-16-30/h3-13,15-16,29H,14H2,1-2H3. The fourth-order valence-corrected chi connectivity index (χ4v) is 6.62.